The predicted octanol–water partition coefficient (Wildman–Crippen LogP) is 2.54. The van der Waals surface area contributed by atoms with Crippen molar-refractivity contribution in [1.82, 2.24) is 0 Å². The molecule has 0 spiro atoms. The number of isocyanates is 1. The second kappa shape index (κ2) is 7.70. The largest absolute Gasteiger partial charge is 0.231 e. The fraction of sp³-hybridized carbons (Fsp3) is 0.300. The molecule has 64 valence electrons. The van der Waals surface area contributed by atoms with Crippen molar-refractivity contribution < 1.29 is 4.79 Å². The van der Waals surface area contributed by atoms with E-state index in [1.165, 1.54) is 18.4 Å². The Balaban J connectivity index is 0.000000354. The standard InChI is InChI=1S/C9H12.CHNO/c1-2-6-9-7-4-3-5-8-9;2-1-3/h3-5,7-8H,2,6H2,1H3;2H. The van der Waals surface area contributed by atoms with Gasteiger partial charge in [-0.05, 0) is 12.0 Å². The van der Waals surface area contributed by atoms with Crippen LogP contribution < -0.4 is 0 Å². The van der Waals surface area contributed by atoms with E-state index in [1.54, 1.807) is 0 Å². The molecule has 0 aliphatic carbocycles. The molecular weight excluding hydrogens is 150 g/mol. The molecule has 1 N–H and O–H groups in total. The number of nitrogens with one attached hydrogen (secondary N) is 1. The molecule has 1 aromatic carbocycles. The Hall–Kier alpha value is -1.40. The smallest absolute Gasteiger partial charge is 0.222 e. The van der Waals surface area contributed by atoms with Gasteiger partial charge in [0.05, 0.1) is 0 Å². The van der Waals surface area contributed by atoms with Crippen molar-refractivity contribution in [3.63, 3.8) is 0 Å². The van der Waals surface area contributed by atoms with E-state index in [-0.39, 0.29) is 0 Å². The third-order valence-electron chi connectivity index (χ3n) is 1.38. The van der Waals surface area contributed by atoms with Crippen molar-refractivity contribution in [1.29, 1.82) is 5.41 Å². The SMILES string of the molecule is CCCc1ccccc1.N=C=O. The number of benzene rings is 1. The number of carbonyl (C=O) groups excluding carboxylic acids is 1. The van der Waals surface area contributed by atoms with Crippen LogP contribution in [0, 0.1) is 5.41 Å². The van der Waals surface area contributed by atoms with Gasteiger partial charge in [0.15, 0.2) is 0 Å². The molecular formula is C10H13NO. The summed E-state index contributed by atoms with van der Waals surface area (Å²) in [4.78, 5) is 8.35. The van der Waals surface area contributed by atoms with Crippen LogP contribution in [0.1, 0.15) is 18.9 Å². The lowest BCUT2D eigenvalue weighted by molar-refractivity contribution is 0.563. The zero-order valence-electron chi connectivity index (χ0n) is 7.21. The monoisotopic (exact) mass is 163 g/mol. The summed E-state index contributed by atoms with van der Waals surface area (Å²) in [6.07, 6.45) is 3.20. The van der Waals surface area contributed by atoms with Crippen molar-refractivity contribution in [3.05, 3.63) is 35.9 Å². The van der Waals surface area contributed by atoms with E-state index in [2.05, 4.69) is 37.3 Å². The normalized spacial score (nSPS) is 7.75. The third-order valence-corrected chi connectivity index (χ3v) is 1.38. The maximum absolute atomic E-state index is 8.35. The topological polar surface area (TPSA) is 40.9 Å². The molecule has 1 aromatic rings. The van der Waals surface area contributed by atoms with Crippen molar-refractivity contribution in [3.8, 4) is 0 Å². The summed E-state index contributed by atoms with van der Waals surface area (Å²) in [5.41, 5.74) is 1.44. The molecule has 2 nitrogen and oxygen atoms in total. The van der Waals surface area contributed by atoms with Crippen LogP contribution in [0.15, 0.2) is 30.3 Å². The first kappa shape index (κ1) is 10.6. The lowest BCUT2D eigenvalue weighted by Crippen LogP contribution is -1.78. The Morgan fingerprint density at radius 1 is 1.33 bits per heavy atom. The van der Waals surface area contributed by atoms with E-state index in [4.69, 9.17) is 10.2 Å². The van der Waals surface area contributed by atoms with Crippen molar-refractivity contribution >= 4 is 6.08 Å². The first-order valence-electron chi connectivity index (χ1n) is 3.93. The minimum absolute atomic E-state index is 0.750. The molecule has 0 saturated heterocycles. The average molecular weight is 163 g/mol. The van der Waals surface area contributed by atoms with E-state index in [0.29, 0.717) is 0 Å². The third kappa shape index (κ3) is 5.39. The average Bonchev–Trinajstić information content (AvgIpc) is 2.08. The molecule has 0 saturated carbocycles. The summed E-state index contributed by atoms with van der Waals surface area (Å²) in [5.74, 6) is 0. The number of rotatable bonds is 2. The highest BCUT2D eigenvalue weighted by atomic mass is 16.1. The Morgan fingerprint density at radius 2 is 1.83 bits per heavy atom. The lowest BCUT2D eigenvalue weighted by atomic mass is 10.1. The first-order chi connectivity index (χ1) is 5.85. The summed E-state index contributed by atoms with van der Waals surface area (Å²) in [7, 11) is 0. The van der Waals surface area contributed by atoms with Crippen LogP contribution in [-0.2, 0) is 11.2 Å². The molecule has 0 atom stereocenters. The van der Waals surface area contributed by atoms with Crippen molar-refractivity contribution in [2.24, 2.45) is 0 Å². The molecule has 0 unspecified atom stereocenters. The van der Waals surface area contributed by atoms with Crippen LogP contribution in [0.25, 0.3) is 0 Å². The second-order valence-corrected chi connectivity index (χ2v) is 2.34. The van der Waals surface area contributed by atoms with Gasteiger partial charge in [0.1, 0.15) is 0 Å². The molecule has 1 rings (SSSR count). The van der Waals surface area contributed by atoms with Crippen LogP contribution >= 0.6 is 0 Å². The molecule has 2 heteroatoms. The Kier molecular flexibility index (Phi) is 6.81. The van der Waals surface area contributed by atoms with Gasteiger partial charge in [-0.25, -0.2) is 10.2 Å². The molecule has 0 amide bonds. The number of aryl methyl sites for hydroxylation is 1. The van der Waals surface area contributed by atoms with Crippen LogP contribution in [0.2, 0.25) is 0 Å². The minimum Gasteiger partial charge on any atom is -0.222 e. The fourth-order valence-electron chi connectivity index (χ4n) is 0.933. The lowest BCUT2D eigenvalue weighted by Gasteiger charge is -1.93. The summed E-state index contributed by atoms with van der Waals surface area (Å²) in [6, 6.07) is 10.6. The molecule has 0 heterocycles. The molecule has 0 aromatic heterocycles. The number of hydrogen-bond acceptors (Lipinski definition) is 2. The quantitative estimate of drug-likeness (QED) is 0.528. The molecule has 0 bridgehead atoms. The van der Waals surface area contributed by atoms with Gasteiger partial charge in [-0.15, -0.1) is 0 Å². The van der Waals surface area contributed by atoms with Gasteiger partial charge in [0.2, 0.25) is 6.08 Å². The highest BCUT2D eigenvalue weighted by Crippen LogP contribution is 2.00. The molecule has 0 radical (unpaired) electrons. The molecule has 0 aliphatic heterocycles. The summed E-state index contributed by atoms with van der Waals surface area (Å²) in [6.45, 7) is 2.20. The number of hydrogen-bond donors (Lipinski definition) is 1. The first-order valence-corrected chi connectivity index (χ1v) is 3.93. The van der Waals surface area contributed by atoms with Gasteiger partial charge >= 0.3 is 0 Å². The molecule has 12 heavy (non-hydrogen) atoms. The fourth-order valence-corrected chi connectivity index (χ4v) is 0.933. The Labute approximate surface area is 72.7 Å². The zero-order chi connectivity index (χ0) is 9.23. The van der Waals surface area contributed by atoms with E-state index in [9.17, 15) is 0 Å². The minimum atomic E-state index is 0.750. The van der Waals surface area contributed by atoms with Crippen LogP contribution in [0.5, 0.6) is 0 Å². The Morgan fingerprint density at radius 3 is 2.25 bits per heavy atom. The van der Waals surface area contributed by atoms with Gasteiger partial charge in [0, 0.05) is 0 Å². The Bertz CT molecular complexity index is 225. The van der Waals surface area contributed by atoms with E-state index >= 15 is 0 Å². The second-order valence-electron chi connectivity index (χ2n) is 2.34. The van der Waals surface area contributed by atoms with E-state index in [1.807, 2.05) is 0 Å². The van der Waals surface area contributed by atoms with Crippen molar-refractivity contribution in [2.45, 2.75) is 19.8 Å². The summed E-state index contributed by atoms with van der Waals surface area (Å²) in [5, 5.41) is 5.40. The molecule has 0 fully saturated rings. The maximum Gasteiger partial charge on any atom is 0.231 e. The van der Waals surface area contributed by atoms with Crippen LogP contribution in [-0.4, -0.2) is 6.08 Å². The predicted molar refractivity (Wildman–Crippen MR) is 48.9 cm³/mol. The summed E-state index contributed by atoms with van der Waals surface area (Å²) >= 11 is 0. The highest BCUT2D eigenvalue weighted by Gasteiger charge is 1.84. The van der Waals surface area contributed by atoms with Gasteiger partial charge in [-0.2, -0.15) is 0 Å². The van der Waals surface area contributed by atoms with Crippen molar-refractivity contribution in [2.75, 3.05) is 0 Å². The highest BCUT2D eigenvalue weighted by molar-refractivity contribution is 5.26. The zero-order valence-corrected chi connectivity index (χ0v) is 7.21. The van der Waals surface area contributed by atoms with Crippen LogP contribution in [0.4, 0.5) is 0 Å². The summed E-state index contributed by atoms with van der Waals surface area (Å²) < 4.78 is 0. The van der Waals surface area contributed by atoms with Gasteiger partial charge in [0.25, 0.3) is 0 Å². The van der Waals surface area contributed by atoms with E-state index in [0.717, 1.165) is 6.08 Å². The van der Waals surface area contributed by atoms with Gasteiger partial charge in [-0.1, -0.05) is 43.7 Å². The molecule has 0 aliphatic rings. The van der Waals surface area contributed by atoms with Crippen LogP contribution in [0.3, 0.4) is 0 Å². The van der Waals surface area contributed by atoms with Gasteiger partial charge < -0.3 is 0 Å². The van der Waals surface area contributed by atoms with Gasteiger partial charge in [-0.3, -0.25) is 0 Å². The van der Waals surface area contributed by atoms with E-state index < -0.39 is 0 Å². The maximum atomic E-state index is 8.35.